The van der Waals surface area contributed by atoms with Gasteiger partial charge in [0.2, 0.25) is 5.91 Å². The third-order valence-corrected chi connectivity index (χ3v) is 4.77. The van der Waals surface area contributed by atoms with Crippen LogP contribution in [-0.4, -0.2) is 22.5 Å². The van der Waals surface area contributed by atoms with Gasteiger partial charge < -0.3 is 5.32 Å². The topological polar surface area (TPSA) is 53.8 Å². The zero-order valence-corrected chi connectivity index (χ0v) is 13.9. The molecule has 0 radical (unpaired) electrons. The molecule has 122 valence electrons. The lowest BCUT2D eigenvalue weighted by Crippen LogP contribution is -2.26. The molecule has 1 aliphatic heterocycles. The van der Waals surface area contributed by atoms with E-state index in [1.54, 1.807) is 18.2 Å². The van der Waals surface area contributed by atoms with Gasteiger partial charge in [-0.3, -0.25) is 4.79 Å². The maximum atomic E-state index is 13.5. The highest BCUT2D eigenvalue weighted by molar-refractivity contribution is 8.15. The monoisotopic (exact) mass is 341 g/mol. The summed E-state index contributed by atoms with van der Waals surface area (Å²) in [6, 6.07) is 14.3. The molecule has 0 aliphatic carbocycles. The van der Waals surface area contributed by atoms with Crippen molar-refractivity contribution in [3.63, 3.8) is 0 Å². The van der Waals surface area contributed by atoms with Crippen LogP contribution in [0.3, 0.4) is 0 Å². The highest BCUT2D eigenvalue weighted by atomic mass is 32.2. The number of amides is 1. The number of nitrogens with zero attached hydrogens (tertiary/aromatic N) is 2. The Morgan fingerprint density at radius 1 is 1.21 bits per heavy atom. The Morgan fingerprint density at radius 3 is 2.75 bits per heavy atom. The fourth-order valence-electron chi connectivity index (χ4n) is 2.35. The summed E-state index contributed by atoms with van der Waals surface area (Å²) in [5, 5.41) is 10.8. The van der Waals surface area contributed by atoms with Gasteiger partial charge in [-0.2, -0.15) is 5.10 Å². The van der Waals surface area contributed by atoms with E-state index in [9.17, 15) is 9.18 Å². The average molecular weight is 341 g/mol. The number of thioether (sulfide) groups is 1. The molecule has 4 nitrogen and oxygen atoms in total. The number of rotatable bonds is 4. The predicted molar refractivity (Wildman–Crippen MR) is 95.8 cm³/mol. The normalized spacial score (nSPS) is 19.2. The van der Waals surface area contributed by atoms with Gasteiger partial charge in [-0.25, -0.2) is 4.39 Å². The van der Waals surface area contributed by atoms with Gasteiger partial charge in [0.05, 0.1) is 11.5 Å². The molecule has 1 unspecified atom stereocenters. The van der Waals surface area contributed by atoms with E-state index in [4.69, 9.17) is 0 Å². The number of nitrogens with one attached hydrogen (secondary N) is 1. The molecule has 1 saturated heterocycles. The molecule has 1 amide bonds. The molecule has 1 heterocycles. The lowest BCUT2D eigenvalue weighted by atomic mass is 10.0. The van der Waals surface area contributed by atoms with Crippen LogP contribution in [0, 0.1) is 12.7 Å². The van der Waals surface area contributed by atoms with E-state index in [0.29, 0.717) is 17.2 Å². The smallest absolute Gasteiger partial charge is 0.239 e. The number of benzene rings is 2. The highest BCUT2D eigenvalue weighted by Crippen LogP contribution is 2.24. The molecule has 1 aliphatic rings. The van der Waals surface area contributed by atoms with Crippen molar-refractivity contribution >= 4 is 29.1 Å². The van der Waals surface area contributed by atoms with Gasteiger partial charge in [0.1, 0.15) is 5.82 Å². The molecular weight excluding hydrogens is 325 g/mol. The summed E-state index contributed by atoms with van der Waals surface area (Å²) >= 11 is 1.34. The number of aryl methyl sites for hydroxylation is 1. The van der Waals surface area contributed by atoms with E-state index in [2.05, 4.69) is 15.5 Å². The first-order chi connectivity index (χ1) is 11.6. The predicted octanol–water partition coefficient (Wildman–Crippen LogP) is 3.30. The lowest BCUT2D eigenvalue weighted by Gasteiger charge is -2.07. The maximum Gasteiger partial charge on any atom is 0.239 e. The van der Waals surface area contributed by atoms with Crippen molar-refractivity contribution < 1.29 is 9.18 Å². The van der Waals surface area contributed by atoms with Crippen LogP contribution in [0.5, 0.6) is 0 Å². The Hall–Kier alpha value is -2.47. The number of hydrogen-bond acceptors (Lipinski definition) is 4. The van der Waals surface area contributed by atoms with Crippen LogP contribution >= 0.6 is 11.8 Å². The van der Waals surface area contributed by atoms with Crippen LogP contribution in [0.25, 0.3) is 0 Å². The van der Waals surface area contributed by atoms with Crippen molar-refractivity contribution in [3.8, 4) is 0 Å². The minimum atomic E-state index is -0.359. The fraction of sp³-hybridized carbons (Fsp3) is 0.167. The molecule has 1 N–H and O–H groups in total. The summed E-state index contributed by atoms with van der Waals surface area (Å²) < 4.78 is 13.5. The van der Waals surface area contributed by atoms with Crippen molar-refractivity contribution in [2.75, 3.05) is 0 Å². The lowest BCUT2D eigenvalue weighted by molar-refractivity contribution is -0.118. The van der Waals surface area contributed by atoms with Crippen molar-refractivity contribution in [3.05, 3.63) is 71.0 Å². The summed E-state index contributed by atoms with van der Waals surface area (Å²) in [7, 11) is 0. The largest absolute Gasteiger partial charge is 0.303 e. The number of amidine groups is 1. The second-order valence-electron chi connectivity index (χ2n) is 5.40. The van der Waals surface area contributed by atoms with Crippen molar-refractivity contribution in [2.45, 2.75) is 18.6 Å². The second kappa shape index (κ2) is 7.40. The zero-order chi connectivity index (χ0) is 16.9. The molecule has 1 atom stereocenters. The molecule has 0 spiro atoms. The zero-order valence-electron chi connectivity index (χ0n) is 13.1. The van der Waals surface area contributed by atoms with Crippen molar-refractivity contribution in [2.24, 2.45) is 10.2 Å². The van der Waals surface area contributed by atoms with Gasteiger partial charge in [-0.05, 0) is 30.5 Å². The van der Waals surface area contributed by atoms with Gasteiger partial charge in [-0.1, -0.05) is 54.2 Å². The van der Waals surface area contributed by atoms with Gasteiger partial charge >= 0.3 is 0 Å². The van der Waals surface area contributed by atoms with Crippen molar-refractivity contribution in [1.82, 2.24) is 5.32 Å². The van der Waals surface area contributed by atoms with Gasteiger partial charge in [-0.15, -0.1) is 5.10 Å². The van der Waals surface area contributed by atoms with E-state index in [1.165, 1.54) is 24.0 Å². The Balaban J connectivity index is 1.66. The molecule has 2 aromatic rings. The van der Waals surface area contributed by atoms with Gasteiger partial charge in [0.15, 0.2) is 5.17 Å². The molecule has 2 aromatic carbocycles. The SMILES string of the molecule is Cc1ccccc1CC1S/C(=N/N=Cc2ccccc2F)NC1=O. The first-order valence-corrected chi connectivity index (χ1v) is 8.39. The van der Waals surface area contributed by atoms with Crippen molar-refractivity contribution in [1.29, 1.82) is 0 Å². The highest BCUT2D eigenvalue weighted by Gasteiger charge is 2.30. The summed E-state index contributed by atoms with van der Waals surface area (Å²) in [5.41, 5.74) is 2.66. The fourth-order valence-corrected chi connectivity index (χ4v) is 3.30. The first-order valence-electron chi connectivity index (χ1n) is 7.51. The summed E-state index contributed by atoms with van der Waals surface area (Å²) in [6.45, 7) is 2.03. The summed E-state index contributed by atoms with van der Waals surface area (Å²) in [5.74, 6) is -0.440. The molecule has 3 rings (SSSR count). The third-order valence-electron chi connectivity index (χ3n) is 3.69. The molecule has 0 bridgehead atoms. The number of carbonyl (C=O) groups excluding carboxylic acids is 1. The van der Waals surface area contributed by atoms with E-state index >= 15 is 0 Å². The average Bonchev–Trinajstić information content (AvgIpc) is 2.91. The van der Waals surface area contributed by atoms with E-state index < -0.39 is 0 Å². The quantitative estimate of drug-likeness (QED) is 0.685. The third kappa shape index (κ3) is 3.89. The summed E-state index contributed by atoms with van der Waals surface area (Å²) in [4.78, 5) is 12.1. The molecule has 0 aromatic heterocycles. The van der Waals surface area contributed by atoms with Crippen LogP contribution in [0.15, 0.2) is 58.7 Å². The number of carbonyl (C=O) groups is 1. The summed E-state index contributed by atoms with van der Waals surface area (Å²) in [6.07, 6.45) is 1.98. The van der Waals surface area contributed by atoms with Gasteiger partial charge in [0, 0.05) is 5.56 Å². The van der Waals surface area contributed by atoms with Crippen LogP contribution in [0.4, 0.5) is 4.39 Å². The molecule has 0 saturated carbocycles. The van der Waals surface area contributed by atoms with E-state index in [1.807, 2.05) is 31.2 Å². The van der Waals surface area contributed by atoms with Crippen LogP contribution < -0.4 is 5.32 Å². The Bertz CT molecular complexity index is 819. The Kier molecular flexibility index (Phi) is 5.05. The maximum absolute atomic E-state index is 13.5. The standard InChI is InChI=1S/C18H16FN3OS/c1-12-6-2-3-7-13(12)10-16-17(23)21-18(24-16)22-20-11-14-8-4-5-9-15(14)19/h2-9,11,16H,10H2,1H3,(H,21,22,23). The Morgan fingerprint density at radius 2 is 1.96 bits per heavy atom. The van der Waals surface area contributed by atoms with E-state index in [-0.39, 0.29) is 17.0 Å². The second-order valence-corrected chi connectivity index (χ2v) is 6.59. The van der Waals surface area contributed by atoms with E-state index in [0.717, 1.165) is 11.1 Å². The van der Waals surface area contributed by atoms with Crippen LogP contribution in [0.2, 0.25) is 0 Å². The Labute approximate surface area is 143 Å². The molecule has 6 heteroatoms. The first kappa shape index (κ1) is 16.4. The number of hydrogen-bond donors (Lipinski definition) is 1. The minimum Gasteiger partial charge on any atom is -0.303 e. The van der Waals surface area contributed by atoms with Crippen LogP contribution in [-0.2, 0) is 11.2 Å². The van der Waals surface area contributed by atoms with Crippen LogP contribution in [0.1, 0.15) is 16.7 Å². The molecule has 24 heavy (non-hydrogen) atoms. The van der Waals surface area contributed by atoms with Gasteiger partial charge in [0.25, 0.3) is 0 Å². The minimum absolute atomic E-state index is 0.0805. The molecular formula is C18H16FN3OS. The number of halogens is 1. The molecule has 1 fully saturated rings.